The van der Waals surface area contributed by atoms with Crippen molar-refractivity contribution in [2.75, 3.05) is 39.6 Å². The predicted octanol–water partition coefficient (Wildman–Crippen LogP) is 25.4. The lowest BCUT2D eigenvalue weighted by atomic mass is 10.1. The van der Waals surface area contributed by atoms with Gasteiger partial charge >= 0.3 is 39.5 Å². The number of phosphoric acid groups is 2. The molecule has 19 heteroatoms. The van der Waals surface area contributed by atoms with Crippen LogP contribution >= 0.6 is 15.6 Å². The molecular weight excluding hydrogens is 1450 g/mol. The maximum Gasteiger partial charge on any atom is 0.472 e. The molecule has 2 unspecified atom stereocenters. The normalized spacial score (nSPS) is 14.8. The van der Waals surface area contributed by atoms with Gasteiger partial charge in [0.05, 0.1) is 26.4 Å². The Morgan fingerprint density at radius 1 is 0.259 bits per heavy atom. The highest BCUT2D eigenvalue weighted by molar-refractivity contribution is 7.47. The summed E-state index contributed by atoms with van der Waals surface area (Å²) < 4.78 is 68.6. The lowest BCUT2D eigenvalue weighted by Crippen LogP contribution is -2.30. The van der Waals surface area contributed by atoms with E-state index in [-0.39, 0.29) is 25.7 Å². The summed E-state index contributed by atoms with van der Waals surface area (Å²) in [6.07, 6.45) is 104. The first-order valence-electron chi connectivity index (χ1n) is 42.3. The standard InChI is InChI=1S/C93H148O17P2/c1-5-9-13-17-21-25-29-33-37-40-43-46-50-54-58-62-66-70-74-78-91(96)104-84-89(110-93(98)80-76-72-68-64-60-56-52-48-45-42-39-35-31-27-23-19-15-11-7-3)86-108-112(101,102)106-82-87(94)81-105-111(99,100)107-85-88(83-103-90(95)77-73-69-65-61-57-53-49-36-32-28-24-20-16-12-8-4)109-92(97)79-75-71-67-63-59-55-51-47-44-41-38-34-30-26-22-18-14-10-6-2/h10-11,14-15,21-23,25-27,33-39,43-49,54-56,58-60,66,68,70,72,87-89,94H,5-9,12-13,16-20,24,28-32,40-42,50-53,57,61-65,67,69,71,73-86H2,1-4H3,(H,99,100)(H,101,102)/b14-10-,15-11-,25-21-,26-22-,27-23-,37-33-,38-34-,39-35-,46-43-,47-44-,48-45-,49-36-,58-54-,59-55-,60-56-,70-66-,72-68-/t87-,88+,89+/m0/s1. The van der Waals surface area contributed by atoms with Crippen LogP contribution in [0.1, 0.15) is 297 Å². The van der Waals surface area contributed by atoms with E-state index in [9.17, 15) is 43.2 Å². The number of aliphatic hydroxyl groups excluding tert-OH is 1. The van der Waals surface area contributed by atoms with Crippen molar-refractivity contribution in [2.45, 2.75) is 316 Å². The van der Waals surface area contributed by atoms with E-state index in [1.807, 2.05) is 36.5 Å². The van der Waals surface area contributed by atoms with Gasteiger partial charge in [0.2, 0.25) is 0 Å². The minimum absolute atomic E-state index is 0.0128. The number of esters is 4. The topological polar surface area (TPSA) is 237 Å². The van der Waals surface area contributed by atoms with Gasteiger partial charge in [-0.25, -0.2) is 9.13 Å². The van der Waals surface area contributed by atoms with Crippen molar-refractivity contribution in [1.82, 2.24) is 0 Å². The van der Waals surface area contributed by atoms with Gasteiger partial charge in [-0.2, -0.15) is 0 Å². The molecule has 112 heavy (non-hydrogen) atoms. The third-order valence-electron chi connectivity index (χ3n) is 16.7. The van der Waals surface area contributed by atoms with Crippen molar-refractivity contribution in [2.24, 2.45) is 0 Å². The Morgan fingerprint density at radius 3 is 0.821 bits per heavy atom. The molecule has 0 heterocycles. The van der Waals surface area contributed by atoms with Gasteiger partial charge in [0.15, 0.2) is 12.2 Å². The summed E-state index contributed by atoms with van der Waals surface area (Å²) in [6.45, 7) is 4.38. The number of unbranched alkanes of at least 4 members (excludes halogenated alkanes) is 17. The molecule has 0 spiro atoms. The van der Waals surface area contributed by atoms with Gasteiger partial charge in [-0.1, -0.05) is 305 Å². The van der Waals surface area contributed by atoms with Crippen molar-refractivity contribution < 1.29 is 80.2 Å². The Morgan fingerprint density at radius 2 is 0.482 bits per heavy atom. The number of allylic oxidation sites excluding steroid dienone is 34. The summed E-state index contributed by atoms with van der Waals surface area (Å²) in [7, 11) is -10.0. The van der Waals surface area contributed by atoms with Crippen LogP contribution in [0.15, 0.2) is 207 Å². The molecule has 0 fully saturated rings. The van der Waals surface area contributed by atoms with Crippen LogP contribution in [0.5, 0.6) is 0 Å². The second kappa shape index (κ2) is 82.6. The number of rotatable bonds is 77. The third-order valence-corrected chi connectivity index (χ3v) is 18.6. The largest absolute Gasteiger partial charge is 0.472 e. The first-order valence-corrected chi connectivity index (χ1v) is 45.3. The Hall–Kier alpha value is -6.36. The highest BCUT2D eigenvalue weighted by Crippen LogP contribution is 2.45. The molecule has 17 nitrogen and oxygen atoms in total. The third kappa shape index (κ3) is 81.6. The molecule has 0 aliphatic rings. The Bertz CT molecular complexity index is 2940. The lowest BCUT2D eigenvalue weighted by molar-refractivity contribution is -0.161. The maximum absolute atomic E-state index is 13.1. The first kappa shape index (κ1) is 106. The van der Waals surface area contributed by atoms with Gasteiger partial charge < -0.3 is 33.8 Å². The average Bonchev–Trinajstić information content (AvgIpc) is 0.907. The average molecular weight is 1600 g/mol. The smallest absolute Gasteiger partial charge is 0.462 e. The quantitative estimate of drug-likeness (QED) is 0.0169. The summed E-state index contributed by atoms with van der Waals surface area (Å²) in [5, 5.41) is 10.7. The van der Waals surface area contributed by atoms with Crippen LogP contribution in [0.3, 0.4) is 0 Å². The number of ether oxygens (including phenoxy) is 4. The number of hydrogen-bond donors (Lipinski definition) is 3. The van der Waals surface area contributed by atoms with Crippen LogP contribution in [-0.2, 0) is 65.4 Å². The van der Waals surface area contributed by atoms with Gasteiger partial charge in [-0.15, -0.1) is 0 Å². The number of carbonyl (C=O) groups excluding carboxylic acids is 4. The lowest BCUT2D eigenvalue weighted by Gasteiger charge is -2.21. The summed E-state index contributed by atoms with van der Waals surface area (Å²) in [5.41, 5.74) is 0. The van der Waals surface area contributed by atoms with Crippen molar-refractivity contribution in [1.29, 1.82) is 0 Å². The zero-order valence-corrected chi connectivity index (χ0v) is 71.0. The highest BCUT2D eigenvalue weighted by Gasteiger charge is 2.30. The second-order valence-electron chi connectivity index (χ2n) is 27.3. The summed E-state index contributed by atoms with van der Waals surface area (Å²) in [4.78, 5) is 73.2. The van der Waals surface area contributed by atoms with Gasteiger partial charge in [0.25, 0.3) is 0 Å². The monoisotopic (exact) mass is 1600 g/mol. The molecule has 0 rings (SSSR count). The zero-order valence-electron chi connectivity index (χ0n) is 69.3. The first-order chi connectivity index (χ1) is 54.7. The summed E-state index contributed by atoms with van der Waals surface area (Å²) in [6, 6.07) is 0. The Labute approximate surface area is 678 Å². The van der Waals surface area contributed by atoms with Crippen LogP contribution < -0.4 is 0 Å². The molecule has 0 radical (unpaired) electrons. The maximum atomic E-state index is 13.1. The van der Waals surface area contributed by atoms with Crippen LogP contribution in [0.4, 0.5) is 0 Å². The SMILES string of the molecule is CC/C=C\C/C=C\C/C=C\C/C=C\C/C=C\C/C=C\CCC(=O)O[C@H](COC(=O)CC/C=C\C/C=C\C/C=C\C/C=C\C/C=C\CCCCC)COP(=O)(O)OC[C@@H](O)COP(=O)(O)OC[C@@H](COC(=O)CCCCCCC/C=C\CCCCCCCC)OC(=O)CCCCC/C=C\C/C=C\C/C=C\C/C=C\C/C=C\CC. The molecule has 0 aliphatic heterocycles. The fourth-order valence-electron chi connectivity index (χ4n) is 10.4. The fourth-order valence-corrected chi connectivity index (χ4v) is 11.9. The molecule has 0 saturated carbocycles. The molecule has 3 N–H and O–H groups in total. The van der Waals surface area contributed by atoms with Crippen LogP contribution in [0, 0.1) is 0 Å². The van der Waals surface area contributed by atoms with Crippen molar-refractivity contribution in [3.63, 3.8) is 0 Å². The molecule has 5 atom stereocenters. The van der Waals surface area contributed by atoms with Gasteiger partial charge in [-0.3, -0.25) is 37.3 Å². The number of carbonyl (C=O) groups is 4. The number of phosphoric ester groups is 2. The summed E-state index contributed by atoms with van der Waals surface area (Å²) in [5.74, 6) is -2.44. The van der Waals surface area contributed by atoms with E-state index in [0.717, 1.165) is 148 Å². The van der Waals surface area contributed by atoms with E-state index in [4.69, 9.17) is 37.0 Å². The minimum atomic E-state index is -5.03. The van der Waals surface area contributed by atoms with Gasteiger partial charge in [0, 0.05) is 25.7 Å². The Kier molecular flexibility index (Phi) is 77.9. The van der Waals surface area contributed by atoms with E-state index in [2.05, 4.69) is 198 Å². The van der Waals surface area contributed by atoms with E-state index in [0.29, 0.717) is 38.5 Å². The molecular formula is C93H148O17P2. The van der Waals surface area contributed by atoms with E-state index in [1.54, 1.807) is 0 Å². The van der Waals surface area contributed by atoms with Crippen LogP contribution in [0.2, 0.25) is 0 Å². The van der Waals surface area contributed by atoms with Crippen molar-refractivity contribution >= 4 is 39.5 Å². The molecule has 0 saturated heterocycles. The summed E-state index contributed by atoms with van der Waals surface area (Å²) >= 11 is 0. The molecule has 0 aliphatic carbocycles. The molecule has 0 aromatic rings. The minimum Gasteiger partial charge on any atom is -0.462 e. The second-order valence-corrected chi connectivity index (χ2v) is 30.2. The van der Waals surface area contributed by atoms with Crippen molar-refractivity contribution in [3.8, 4) is 0 Å². The van der Waals surface area contributed by atoms with E-state index < -0.39 is 97.5 Å². The van der Waals surface area contributed by atoms with E-state index >= 15 is 0 Å². The van der Waals surface area contributed by atoms with Crippen molar-refractivity contribution in [3.05, 3.63) is 207 Å². The number of aliphatic hydroxyl groups is 1. The molecule has 0 bridgehead atoms. The van der Waals surface area contributed by atoms with Crippen LogP contribution in [-0.4, -0.2) is 96.7 Å². The zero-order chi connectivity index (χ0) is 81.7. The fraction of sp³-hybridized carbons (Fsp3) is 0.591. The Balaban J connectivity index is 5.59. The van der Waals surface area contributed by atoms with Gasteiger partial charge in [-0.05, 0) is 173 Å². The van der Waals surface area contributed by atoms with Gasteiger partial charge in [0.1, 0.15) is 19.3 Å². The van der Waals surface area contributed by atoms with Crippen LogP contribution in [0.25, 0.3) is 0 Å². The van der Waals surface area contributed by atoms with E-state index in [1.165, 1.54) is 57.8 Å². The predicted molar refractivity (Wildman–Crippen MR) is 463 cm³/mol. The molecule has 0 aromatic carbocycles. The number of hydrogen-bond acceptors (Lipinski definition) is 15. The molecule has 0 aromatic heterocycles. The molecule has 632 valence electrons. The highest BCUT2D eigenvalue weighted by atomic mass is 31.2. The molecule has 0 amide bonds.